The first-order valence-corrected chi connectivity index (χ1v) is 6.09. The van der Waals surface area contributed by atoms with E-state index in [4.69, 9.17) is 12.2 Å². The second-order valence-electron chi connectivity index (χ2n) is 4.73. The molecule has 0 saturated heterocycles. The lowest BCUT2D eigenvalue weighted by molar-refractivity contribution is -0.123. The molecule has 1 saturated carbocycles. The Morgan fingerprint density at radius 1 is 1.62 bits per heavy atom. The van der Waals surface area contributed by atoms with E-state index in [1.165, 1.54) is 12.8 Å². The van der Waals surface area contributed by atoms with Crippen molar-refractivity contribution in [3.63, 3.8) is 0 Å². The van der Waals surface area contributed by atoms with Gasteiger partial charge in [-0.2, -0.15) is 0 Å². The predicted molar refractivity (Wildman–Crippen MR) is 65.5 cm³/mol. The summed E-state index contributed by atoms with van der Waals surface area (Å²) in [4.78, 5) is 11.7. The van der Waals surface area contributed by atoms with Crippen LogP contribution in [0.3, 0.4) is 0 Å². The first kappa shape index (κ1) is 13.1. The zero-order chi connectivity index (χ0) is 12.1. The van der Waals surface area contributed by atoms with Crippen LogP contribution in [-0.4, -0.2) is 18.0 Å². The van der Waals surface area contributed by atoms with Crippen molar-refractivity contribution >= 4 is 5.91 Å². The van der Waals surface area contributed by atoms with Crippen LogP contribution in [0, 0.1) is 24.2 Å². The van der Waals surface area contributed by atoms with E-state index in [2.05, 4.69) is 25.1 Å². The largest absolute Gasteiger partial charge is 0.352 e. The van der Waals surface area contributed by atoms with Gasteiger partial charge in [-0.25, -0.2) is 0 Å². The van der Waals surface area contributed by atoms with Gasteiger partial charge < -0.3 is 11.1 Å². The molecule has 3 nitrogen and oxygen atoms in total. The molecule has 0 heterocycles. The first-order valence-electron chi connectivity index (χ1n) is 6.09. The van der Waals surface area contributed by atoms with E-state index in [0.29, 0.717) is 12.3 Å². The van der Waals surface area contributed by atoms with Crippen molar-refractivity contribution in [1.29, 1.82) is 0 Å². The number of rotatable bonds is 4. The molecular formula is C13H22N2O. The number of terminal acetylenes is 1. The Morgan fingerprint density at radius 2 is 2.31 bits per heavy atom. The molecule has 1 fully saturated rings. The van der Waals surface area contributed by atoms with Gasteiger partial charge in [-0.05, 0) is 24.7 Å². The molecule has 16 heavy (non-hydrogen) atoms. The second kappa shape index (κ2) is 5.91. The van der Waals surface area contributed by atoms with Gasteiger partial charge in [-0.3, -0.25) is 4.79 Å². The summed E-state index contributed by atoms with van der Waals surface area (Å²) in [5, 5.41) is 3.02. The Morgan fingerprint density at radius 3 is 2.81 bits per heavy atom. The highest BCUT2D eigenvalue weighted by Crippen LogP contribution is 2.33. The van der Waals surface area contributed by atoms with Crippen LogP contribution >= 0.6 is 0 Å². The molecule has 0 aliphatic heterocycles. The van der Waals surface area contributed by atoms with Crippen molar-refractivity contribution < 1.29 is 4.79 Å². The van der Waals surface area contributed by atoms with Gasteiger partial charge in [-0.15, -0.1) is 12.3 Å². The highest BCUT2D eigenvalue weighted by Gasteiger charge is 2.33. The van der Waals surface area contributed by atoms with Crippen LogP contribution in [0.25, 0.3) is 0 Å². The lowest BCUT2D eigenvalue weighted by Gasteiger charge is -2.22. The van der Waals surface area contributed by atoms with Crippen molar-refractivity contribution in [3.05, 3.63) is 0 Å². The van der Waals surface area contributed by atoms with Crippen molar-refractivity contribution in [2.45, 2.75) is 51.6 Å². The lowest BCUT2D eigenvalue weighted by atomic mass is 9.93. The number of nitrogens with two attached hydrogens (primary N) is 1. The highest BCUT2D eigenvalue weighted by atomic mass is 16.2. The molecule has 0 aromatic rings. The SMILES string of the molecule is C#CCC(N)C(=O)NC1CCC(CC)C1C. The number of hydrogen-bond donors (Lipinski definition) is 2. The first-order chi connectivity index (χ1) is 7.60. The molecule has 1 aliphatic rings. The van der Waals surface area contributed by atoms with Crippen molar-refractivity contribution in [3.8, 4) is 12.3 Å². The molecule has 1 rings (SSSR count). The summed E-state index contributed by atoms with van der Waals surface area (Å²) in [7, 11) is 0. The molecule has 0 bridgehead atoms. The fourth-order valence-electron chi connectivity index (χ4n) is 2.54. The minimum Gasteiger partial charge on any atom is -0.352 e. The van der Waals surface area contributed by atoms with Crippen molar-refractivity contribution in [2.75, 3.05) is 0 Å². The minimum absolute atomic E-state index is 0.105. The Balaban J connectivity index is 2.44. The zero-order valence-electron chi connectivity index (χ0n) is 10.2. The van der Waals surface area contributed by atoms with Crippen LogP contribution in [0.4, 0.5) is 0 Å². The average Bonchev–Trinajstić information content (AvgIpc) is 2.60. The van der Waals surface area contributed by atoms with Crippen molar-refractivity contribution in [2.24, 2.45) is 17.6 Å². The van der Waals surface area contributed by atoms with Gasteiger partial charge >= 0.3 is 0 Å². The van der Waals surface area contributed by atoms with E-state index in [0.717, 1.165) is 12.3 Å². The molecule has 0 aromatic carbocycles. The number of hydrogen-bond acceptors (Lipinski definition) is 2. The summed E-state index contributed by atoms with van der Waals surface area (Å²) in [5.74, 6) is 3.59. The quantitative estimate of drug-likeness (QED) is 0.704. The van der Waals surface area contributed by atoms with Gasteiger partial charge in [0, 0.05) is 12.5 Å². The third-order valence-electron chi connectivity index (χ3n) is 3.75. The van der Waals surface area contributed by atoms with Gasteiger partial charge in [-0.1, -0.05) is 20.3 Å². The van der Waals surface area contributed by atoms with E-state index in [9.17, 15) is 4.79 Å². The maximum absolute atomic E-state index is 11.7. The topological polar surface area (TPSA) is 55.1 Å². The summed E-state index contributed by atoms with van der Waals surface area (Å²) in [5.41, 5.74) is 5.66. The average molecular weight is 222 g/mol. The van der Waals surface area contributed by atoms with Gasteiger partial charge in [0.25, 0.3) is 0 Å². The Hall–Kier alpha value is -1.01. The molecule has 0 spiro atoms. The van der Waals surface area contributed by atoms with Crippen LogP contribution in [0.1, 0.15) is 39.5 Å². The van der Waals surface area contributed by atoms with Crippen LogP contribution in [-0.2, 0) is 4.79 Å². The van der Waals surface area contributed by atoms with Crippen LogP contribution in [0.15, 0.2) is 0 Å². The maximum Gasteiger partial charge on any atom is 0.238 e. The monoisotopic (exact) mass is 222 g/mol. The smallest absolute Gasteiger partial charge is 0.238 e. The van der Waals surface area contributed by atoms with Gasteiger partial charge in [0.1, 0.15) is 0 Å². The maximum atomic E-state index is 11.7. The fraction of sp³-hybridized carbons (Fsp3) is 0.769. The summed E-state index contributed by atoms with van der Waals surface area (Å²) >= 11 is 0. The third-order valence-corrected chi connectivity index (χ3v) is 3.75. The normalized spacial score (nSPS) is 30.8. The Kier molecular flexibility index (Phi) is 4.82. The minimum atomic E-state index is -0.558. The van der Waals surface area contributed by atoms with E-state index < -0.39 is 6.04 Å². The van der Waals surface area contributed by atoms with Gasteiger partial charge in [0.2, 0.25) is 5.91 Å². The van der Waals surface area contributed by atoms with E-state index in [-0.39, 0.29) is 11.9 Å². The molecule has 90 valence electrons. The van der Waals surface area contributed by atoms with Gasteiger partial charge in [0.15, 0.2) is 0 Å². The predicted octanol–water partition coefficient (Wildman–Crippen LogP) is 1.28. The molecule has 4 atom stereocenters. The fourth-order valence-corrected chi connectivity index (χ4v) is 2.54. The van der Waals surface area contributed by atoms with E-state index >= 15 is 0 Å². The standard InChI is InChI=1S/C13H22N2O/c1-4-6-11(14)13(16)15-12-8-7-10(5-2)9(12)3/h1,9-12H,5-8,14H2,2-3H3,(H,15,16). The number of amides is 1. The summed E-state index contributed by atoms with van der Waals surface area (Å²) < 4.78 is 0. The van der Waals surface area contributed by atoms with Gasteiger partial charge in [0.05, 0.1) is 6.04 Å². The van der Waals surface area contributed by atoms with Crippen molar-refractivity contribution in [1.82, 2.24) is 5.32 Å². The zero-order valence-corrected chi connectivity index (χ0v) is 10.2. The molecule has 4 unspecified atom stereocenters. The molecule has 0 aromatic heterocycles. The number of nitrogens with one attached hydrogen (secondary N) is 1. The molecule has 1 amide bonds. The Labute approximate surface area is 98.2 Å². The molecule has 1 aliphatic carbocycles. The summed E-state index contributed by atoms with van der Waals surface area (Å²) in [6.45, 7) is 4.41. The molecule has 3 N–H and O–H groups in total. The Bertz CT molecular complexity index is 282. The van der Waals surface area contributed by atoms with Crippen LogP contribution < -0.4 is 11.1 Å². The van der Waals surface area contributed by atoms with E-state index in [1.54, 1.807) is 0 Å². The molecular weight excluding hydrogens is 200 g/mol. The lowest BCUT2D eigenvalue weighted by Crippen LogP contribution is -2.46. The summed E-state index contributed by atoms with van der Waals surface area (Å²) in [6.07, 6.45) is 8.90. The molecule has 0 radical (unpaired) electrons. The summed E-state index contributed by atoms with van der Waals surface area (Å²) in [6, 6.07) is -0.279. The third kappa shape index (κ3) is 2.99. The number of carbonyl (C=O) groups is 1. The highest BCUT2D eigenvalue weighted by molar-refractivity contribution is 5.82. The van der Waals surface area contributed by atoms with E-state index in [1.807, 2.05) is 0 Å². The van der Waals surface area contributed by atoms with Crippen LogP contribution in [0.2, 0.25) is 0 Å². The molecule has 3 heteroatoms. The second-order valence-corrected chi connectivity index (χ2v) is 4.73. The van der Waals surface area contributed by atoms with Crippen LogP contribution in [0.5, 0.6) is 0 Å². The number of carbonyl (C=O) groups excluding carboxylic acids is 1.